The first-order chi connectivity index (χ1) is 11.6. The number of nitrogens with one attached hydrogen (secondary N) is 2. The number of nitrogens with two attached hydrogens (primary N) is 1. The molecule has 0 saturated carbocycles. The molecule has 2 aromatic rings. The van der Waals surface area contributed by atoms with Gasteiger partial charge in [0.25, 0.3) is 0 Å². The smallest absolute Gasteiger partial charge is 0.234 e. The number of rotatable bonds is 6. The number of carbonyl (C=O) groups excluding carboxylic acids is 1. The summed E-state index contributed by atoms with van der Waals surface area (Å²) >= 11 is 0. The van der Waals surface area contributed by atoms with Crippen LogP contribution in [0.3, 0.4) is 0 Å². The molecule has 2 aromatic carbocycles. The lowest BCUT2D eigenvalue weighted by Gasteiger charge is -2.19. The molecular weight excluding hydrogens is 306 g/mol. The van der Waals surface area contributed by atoms with Gasteiger partial charge in [-0.05, 0) is 23.6 Å². The minimum Gasteiger partial charge on any atom is -0.493 e. The second-order valence-electron chi connectivity index (χ2n) is 5.22. The number of benzene rings is 2. The first-order valence-corrected chi connectivity index (χ1v) is 7.46. The fourth-order valence-corrected chi connectivity index (χ4v) is 2.60. The average molecular weight is 327 g/mol. The molecule has 0 spiro atoms. The zero-order valence-electron chi connectivity index (χ0n) is 13.7. The van der Waals surface area contributed by atoms with Gasteiger partial charge in [0.05, 0.1) is 20.1 Å². The summed E-state index contributed by atoms with van der Waals surface area (Å²) in [5.74, 6) is -0.0152. The van der Waals surface area contributed by atoms with E-state index in [9.17, 15) is 4.79 Å². The number of amides is 1. The lowest BCUT2D eigenvalue weighted by molar-refractivity contribution is -0.121. The Hall–Kier alpha value is -3.02. The highest BCUT2D eigenvalue weighted by atomic mass is 16.5. The first kappa shape index (κ1) is 17.3. The van der Waals surface area contributed by atoms with Crippen LogP contribution in [0.15, 0.2) is 48.5 Å². The van der Waals surface area contributed by atoms with Crippen LogP contribution in [0.4, 0.5) is 0 Å². The second kappa shape index (κ2) is 8.01. The monoisotopic (exact) mass is 327 g/mol. The number of hydrogen-bond acceptors (Lipinski definition) is 4. The molecule has 0 heterocycles. The van der Waals surface area contributed by atoms with Crippen LogP contribution < -0.4 is 20.5 Å². The van der Waals surface area contributed by atoms with Gasteiger partial charge in [0.2, 0.25) is 5.91 Å². The molecule has 24 heavy (non-hydrogen) atoms. The Kier molecular flexibility index (Phi) is 5.78. The van der Waals surface area contributed by atoms with Crippen molar-refractivity contribution < 1.29 is 14.3 Å². The van der Waals surface area contributed by atoms with Gasteiger partial charge in [-0.2, -0.15) is 0 Å². The predicted molar refractivity (Wildman–Crippen MR) is 92.5 cm³/mol. The number of carbonyl (C=O) groups is 1. The summed E-state index contributed by atoms with van der Waals surface area (Å²) in [7, 11) is 3.13. The summed E-state index contributed by atoms with van der Waals surface area (Å²) in [4.78, 5) is 12.5. The van der Waals surface area contributed by atoms with Crippen molar-refractivity contribution >= 4 is 11.9 Å². The Morgan fingerprint density at radius 2 is 1.83 bits per heavy atom. The highest BCUT2D eigenvalue weighted by molar-refractivity contribution is 5.98. The van der Waals surface area contributed by atoms with Crippen LogP contribution in [0.25, 0.3) is 0 Å². The molecule has 0 aliphatic carbocycles. The van der Waals surface area contributed by atoms with Crippen molar-refractivity contribution in [2.45, 2.75) is 12.3 Å². The molecule has 1 amide bonds. The average Bonchev–Trinajstić information content (AvgIpc) is 2.59. The predicted octanol–water partition coefficient (Wildman–Crippen LogP) is 2.04. The SMILES string of the molecule is COc1cccc(CC(C(=O)NC(=N)N)c2ccccc2)c1OC. The molecular formula is C18H21N3O3. The minimum absolute atomic E-state index is 0.335. The first-order valence-electron chi connectivity index (χ1n) is 7.46. The van der Waals surface area contributed by atoms with Crippen LogP contribution >= 0.6 is 0 Å². The standard InChI is InChI=1S/C18H21N3O3/c1-23-15-10-6-9-13(16(15)24-2)11-14(17(22)21-18(19)20)12-7-4-3-5-8-12/h3-10,14H,11H2,1-2H3,(H4,19,20,21,22). The fourth-order valence-electron chi connectivity index (χ4n) is 2.60. The maximum atomic E-state index is 12.5. The van der Waals surface area contributed by atoms with E-state index in [1.165, 1.54) is 0 Å². The number of methoxy groups -OCH3 is 2. The van der Waals surface area contributed by atoms with Crippen LogP contribution in [0.5, 0.6) is 11.5 Å². The topological polar surface area (TPSA) is 97.4 Å². The van der Waals surface area contributed by atoms with E-state index < -0.39 is 5.92 Å². The summed E-state index contributed by atoms with van der Waals surface area (Å²) < 4.78 is 10.8. The lowest BCUT2D eigenvalue weighted by atomic mass is 9.90. The van der Waals surface area contributed by atoms with Crippen molar-refractivity contribution in [2.75, 3.05) is 14.2 Å². The molecule has 0 radical (unpaired) electrons. The Labute approximate surface area is 141 Å². The molecule has 6 nitrogen and oxygen atoms in total. The highest BCUT2D eigenvalue weighted by Crippen LogP contribution is 2.34. The molecule has 1 unspecified atom stereocenters. The normalized spacial score (nSPS) is 11.4. The van der Waals surface area contributed by atoms with E-state index in [0.717, 1.165) is 11.1 Å². The maximum Gasteiger partial charge on any atom is 0.234 e. The number of guanidine groups is 1. The highest BCUT2D eigenvalue weighted by Gasteiger charge is 2.24. The summed E-state index contributed by atoms with van der Waals surface area (Å²) in [5.41, 5.74) is 6.98. The van der Waals surface area contributed by atoms with Crippen molar-refractivity contribution in [1.29, 1.82) is 5.41 Å². The Morgan fingerprint density at radius 3 is 2.42 bits per heavy atom. The number of para-hydroxylation sites is 1. The number of hydrogen-bond donors (Lipinski definition) is 3. The van der Waals surface area contributed by atoms with Crippen LogP contribution in [-0.4, -0.2) is 26.1 Å². The minimum atomic E-state index is -0.504. The summed E-state index contributed by atoms with van der Waals surface area (Å²) in [6.45, 7) is 0. The third-order valence-electron chi connectivity index (χ3n) is 3.68. The zero-order valence-corrected chi connectivity index (χ0v) is 13.7. The van der Waals surface area contributed by atoms with E-state index in [2.05, 4.69) is 5.32 Å². The van der Waals surface area contributed by atoms with Crippen molar-refractivity contribution in [3.8, 4) is 11.5 Å². The molecule has 126 valence electrons. The molecule has 4 N–H and O–H groups in total. The van der Waals surface area contributed by atoms with Gasteiger partial charge in [-0.3, -0.25) is 15.5 Å². The van der Waals surface area contributed by atoms with Crippen molar-refractivity contribution in [1.82, 2.24) is 5.32 Å². The number of ether oxygens (including phenoxy) is 2. The van der Waals surface area contributed by atoms with Crippen molar-refractivity contribution in [3.05, 3.63) is 59.7 Å². The van der Waals surface area contributed by atoms with Gasteiger partial charge in [-0.15, -0.1) is 0 Å². The molecule has 0 aliphatic rings. The molecule has 0 fully saturated rings. The van der Waals surface area contributed by atoms with Crippen LogP contribution in [0, 0.1) is 5.41 Å². The van der Waals surface area contributed by atoms with Crippen LogP contribution in [0.1, 0.15) is 17.0 Å². The van der Waals surface area contributed by atoms with Gasteiger partial charge >= 0.3 is 0 Å². The van der Waals surface area contributed by atoms with E-state index >= 15 is 0 Å². The van der Waals surface area contributed by atoms with E-state index in [0.29, 0.717) is 17.9 Å². The summed E-state index contributed by atoms with van der Waals surface area (Å²) in [5, 5.41) is 9.68. The molecule has 1 atom stereocenters. The second-order valence-corrected chi connectivity index (χ2v) is 5.22. The fraction of sp³-hybridized carbons (Fsp3) is 0.222. The van der Waals surface area contributed by atoms with Gasteiger partial charge in [0.15, 0.2) is 17.5 Å². The molecule has 0 aliphatic heterocycles. The van der Waals surface area contributed by atoms with E-state index in [1.54, 1.807) is 20.3 Å². The van der Waals surface area contributed by atoms with Gasteiger partial charge in [-0.25, -0.2) is 0 Å². The Morgan fingerprint density at radius 1 is 1.12 bits per heavy atom. The van der Waals surface area contributed by atoms with Crippen LogP contribution in [-0.2, 0) is 11.2 Å². The van der Waals surface area contributed by atoms with Gasteiger partial charge in [-0.1, -0.05) is 42.5 Å². The molecule has 0 aromatic heterocycles. The summed E-state index contributed by atoms with van der Waals surface area (Å²) in [6.07, 6.45) is 0.392. The van der Waals surface area contributed by atoms with Crippen molar-refractivity contribution in [2.24, 2.45) is 5.73 Å². The van der Waals surface area contributed by atoms with Crippen molar-refractivity contribution in [3.63, 3.8) is 0 Å². The Balaban J connectivity index is 2.39. The van der Waals surface area contributed by atoms with E-state index in [-0.39, 0.29) is 11.9 Å². The van der Waals surface area contributed by atoms with Crippen LogP contribution in [0.2, 0.25) is 0 Å². The zero-order chi connectivity index (χ0) is 17.5. The lowest BCUT2D eigenvalue weighted by Crippen LogP contribution is -2.39. The molecule has 2 rings (SSSR count). The third-order valence-corrected chi connectivity index (χ3v) is 3.68. The quantitative estimate of drug-likeness (QED) is 0.558. The Bertz CT molecular complexity index is 717. The molecule has 6 heteroatoms. The maximum absolute atomic E-state index is 12.5. The molecule has 0 bridgehead atoms. The summed E-state index contributed by atoms with van der Waals surface area (Å²) in [6, 6.07) is 14.9. The van der Waals surface area contributed by atoms with Gasteiger partial charge in [0, 0.05) is 0 Å². The molecule has 0 saturated heterocycles. The van der Waals surface area contributed by atoms with Gasteiger partial charge in [0.1, 0.15) is 0 Å². The largest absolute Gasteiger partial charge is 0.493 e. The van der Waals surface area contributed by atoms with E-state index in [1.807, 2.05) is 42.5 Å². The van der Waals surface area contributed by atoms with Gasteiger partial charge < -0.3 is 15.2 Å². The third kappa shape index (κ3) is 4.04. The van der Waals surface area contributed by atoms with E-state index in [4.69, 9.17) is 20.6 Å².